The maximum Gasteiger partial charge on any atom is 0.143 e. The quantitative estimate of drug-likeness (QED) is 0.181. The first-order chi connectivity index (χ1) is 25.9. The monoisotopic (exact) mass is 594 g/mol. The van der Waals surface area contributed by atoms with Gasteiger partial charge in [0, 0.05) is 21.6 Å². The summed E-state index contributed by atoms with van der Waals surface area (Å²) >= 11 is 0. The fourth-order valence-corrected chi connectivity index (χ4v) is 7.98. The number of fused-ring (bicyclic) bond motifs is 10. The summed E-state index contributed by atoms with van der Waals surface area (Å²) < 4.78 is 80.5. The van der Waals surface area contributed by atoms with Gasteiger partial charge in [-0.2, -0.15) is 0 Å². The second-order valence-electron chi connectivity index (χ2n) is 12.6. The Hall–Kier alpha value is -5.66. The van der Waals surface area contributed by atoms with Crippen LogP contribution in [0.1, 0.15) is 35.9 Å². The highest BCUT2D eigenvalue weighted by Gasteiger charge is 2.38. The van der Waals surface area contributed by atoms with Crippen LogP contribution in [0.4, 0.5) is 0 Å². The van der Waals surface area contributed by atoms with Crippen molar-refractivity contribution in [1.82, 2.24) is 0 Å². The molecule has 216 valence electrons. The van der Waals surface area contributed by atoms with Gasteiger partial charge in [0.25, 0.3) is 0 Å². The number of rotatable bonds is 2. The molecule has 8 aromatic carbocycles. The molecule has 1 heteroatoms. The summed E-state index contributed by atoms with van der Waals surface area (Å²) in [6.45, 7) is 4.25. The van der Waals surface area contributed by atoms with E-state index in [-0.39, 0.29) is 45.7 Å². The van der Waals surface area contributed by atoms with Crippen LogP contribution in [-0.4, -0.2) is 0 Å². The summed E-state index contributed by atoms with van der Waals surface area (Å²) in [6, 6.07) is 28.6. The number of hydrogen-bond donors (Lipinski definition) is 0. The summed E-state index contributed by atoms with van der Waals surface area (Å²) in [5.41, 5.74) is 6.59. The Bertz CT molecular complexity index is 3090. The first kappa shape index (κ1) is 19.0. The van der Waals surface area contributed by atoms with Crippen molar-refractivity contribution in [2.75, 3.05) is 0 Å². The molecule has 0 N–H and O–H groups in total. The molecule has 0 bridgehead atoms. The van der Waals surface area contributed by atoms with Gasteiger partial charge in [0.2, 0.25) is 0 Å². The molecule has 1 aliphatic carbocycles. The summed E-state index contributed by atoms with van der Waals surface area (Å²) in [4.78, 5) is 0. The summed E-state index contributed by atoms with van der Waals surface area (Å²) in [5, 5.41) is 4.14. The fourth-order valence-electron chi connectivity index (χ4n) is 7.98. The van der Waals surface area contributed by atoms with Crippen molar-refractivity contribution in [3.05, 3.63) is 157 Å². The second-order valence-corrected chi connectivity index (χ2v) is 12.6. The maximum atomic E-state index is 9.55. The molecule has 0 aliphatic heterocycles. The second kappa shape index (κ2) is 9.19. The molecule has 0 amide bonds. The van der Waals surface area contributed by atoms with Crippen LogP contribution in [0, 0.1) is 0 Å². The van der Waals surface area contributed by atoms with Crippen molar-refractivity contribution in [2.24, 2.45) is 0 Å². The van der Waals surface area contributed by atoms with E-state index in [1.165, 1.54) is 0 Å². The van der Waals surface area contributed by atoms with E-state index in [1.807, 2.05) is 84.9 Å². The molecule has 0 radical (unpaired) electrons. The minimum atomic E-state index is -0.541. The van der Waals surface area contributed by atoms with Crippen LogP contribution in [0.15, 0.2) is 150 Å². The topological polar surface area (TPSA) is 13.1 Å². The molecule has 0 fully saturated rings. The highest BCUT2D eigenvalue weighted by molar-refractivity contribution is 6.27. The van der Waals surface area contributed by atoms with Crippen molar-refractivity contribution in [2.45, 2.75) is 19.3 Å². The van der Waals surface area contributed by atoms with E-state index in [0.717, 1.165) is 38.4 Å². The molecule has 0 atom stereocenters. The van der Waals surface area contributed by atoms with E-state index in [1.54, 1.807) is 0 Å². The zero-order chi connectivity index (χ0) is 37.5. The van der Waals surface area contributed by atoms with Crippen LogP contribution < -0.4 is 0 Å². The number of furan rings is 1. The molecule has 0 saturated carbocycles. The lowest BCUT2D eigenvalue weighted by atomic mass is 9.76. The van der Waals surface area contributed by atoms with Gasteiger partial charge < -0.3 is 4.42 Å². The number of hydrogen-bond acceptors (Lipinski definition) is 1. The predicted molar refractivity (Wildman–Crippen MR) is 195 cm³/mol. The largest absolute Gasteiger partial charge is 0.455 e. The van der Waals surface area contributed by atoms with Gasteiger partial charge in [-0.25, -0.2) is 0 Å². The Morgan fingerprint density at radius 3 is 1.85 bits per heavy atom. The average molecular weight is 595 g/mol. The minimum absolute atomic E-state index is 0.182. The van der Waals surface area contributed by atoms with Crippen LogP contribution in [0.2, 0.25) is 0 Å². The van der Waals surface area contributed by atoms with Crippen LogP contribution in [0.3, 0.4) is 0 Å². The summed E-state index contributed by atoms with van der Waals surface area (Å²) in [6.07, 6.45) is 0. The molecule has 46 heavy (non-hydrogen) atoms. The van der Waals surface area contributed by atoms with Gasteiger partial charge >= 0.3 is 0 Å². The molecular weight excluding hydrogens is 556 g/mol. The molecule has 0 unspecified atom stereocenters. The molecule has 10 rings (SSSR count). The van der Waals surface area contributed by atoms with Gasteiger partial charge in [0.15, 0.2) is 0 Å². The van der Waals surface area contributed by atoms with Gasteiger partial charge in [0.1, 0.15) is 11.2 Å². The first-order valence-corrected chi connectivity index (χ1v) is 15.5. The normalized spacial score (nSPS) is 16.0. The fraction of sp³-hybridized carbons (Fsp3) is 0.0667. The Kier molecular flexibility index (Phi) is 3.79. The highest BCUT2D eigenvalue weighted by atomic mass is 16.3. The van der Waals surface area contributed by atoms with Crippen LogP contribution in [-0.2, 0) is 5.41 Å². The van der Waals surface area contributed by atoms with Gasteiger partial charge in [-0.15, -0.1) is 0 Å². The lowest BCUT2D eigenvalue weighted by Gasteiger charge is -2.26. The Morgan fingerprint density at radius 2 is 1.09 bits per heavy atom. The molecule has 1 aliphatic rings. The van der Waals surface area contributed by atoms with Crippen LogP contribution >= 0.6 is 0 Å². The van der Waals surface area contributed by atoms with E-state index in [0.29, 0.717) is 38.8 Å². The van der Waals surface area contributed by atoms with E-state index >= 15 is 0 Å². The molecule has 0 saturated heterocycles. The van der Waals surface area contributed by atoms with E-state index < -0.39 is 29.6 Å². The molecule has 1 heterocycles. The van der Waals surface area contributed by atoms with Crippen molar-refractivity contribution in [1.29, 1.82) is 0 Å². The Morgan fingerprint density at radius 1 is 0.500 bits per heavy atom. The minimum Gasteiger partial charge on any atom is -0.455 e. The molecule has 1 nitrogen and oxygen atoms in total. The summed E-state index contributed by atoms with van der Waals surface area (Å²) in [5.74, 6) is 0. The van der Waals surface area contributed by atoms with Crippen LogP contribution in [0.25, 0.3) is 87.6 Å². The molecule has 1 aromatic heterocycles. The van der Waals surface area contributed by atoms with Gasteiger partial charge in [-0.1, -0.05) is 147 Å². The average Bonchev–Trinajstić information content (AvgIpc) is 3.69. The third-order valence-corrected chi connectivity index (χ3v) is 9.88. The van der Waals surface area contributed by atoms with E-state index in [9.17, 15) is 5.48 Å². The van der Waals surface area contributed by atoms with Crippen molar-refractivity contribution in [3.63, 3.8) is 0 Å². The van der Waals surface area contributed by atoms with E-state index in [4.69, 9.17) is 9.90 Å². The van der Waals surface area contributed by atoms with Crippen molar-refractivity contribution >= 4 is 54.3 Å². The first-order valence-electron chi connectivity index (χ1n) is 19.5. The van der Waals surface area contributed by atoms with Crippen molar-refractivity contribution < 1.29 is 15.4 Å². The highest BCUT2D eigenvalue weighted by Crippen LogP contribution is 2.55. The summed E-state index contributed by atoms with van der Waals surface area (Å²) in [7, 11) is 0. The third-order valence-electron chi connectivity index (χ3n) is 9.88. The predicted octanol–water partition coefficient (Wildman–Crippen LogP) is 12.7. The lowest BCUT2D eigenvalue weighted by Crippen LogP contribution is -2.16. The molecular formula is C45H30O. The molecule has 0 spiro atoms. The maximum absolute atomic E-state index is 9.55. The van der Waals surface area contributed by atoms with E-state index in [2.05, 4.69) is 26.0 Å². The van der Waals surface area contributed by atoms with Crippen molar-refractivity contribution in [3.8, 4) is 33.4 Å². The Labute approximate surface area is 278 Å². The number of benzene rings is 8. The van der Waals surface area contributed by atoms with Gasteiger partial charge in [-0.3, -0.25) is 0 Å². The Balaban J connectivity index is 1.49. The zero-order valence-electron chi connectivity index (χ0n) is 33.1. The van der Waals surface area contributed by atoms with Gasteiger partial charge in [-0.05, 0) is 83.6 Å². The molecule has 9 aromatic rings. The van der Waals surface area contributed by atoms with Crippen LogP contribution in [0.5, 0.6) is 0 Å². The zero-order valence-corrected chi connectivity index (χ0v) is 25.1. The SMILES string of the molecule is [2H]c1c([2H])c([2H])c2c(-c3cccc4oc5c6ccccc6ccc5c34)c3c([2H])c([2H])c([2H])c([2H])c3c(-c3cccc4c3C(C)(C)c3ccccc3-4)c2c1[2H]. The van der Waals surface area contributed by atoms with Gasteiger partial charge in [0.05, 0.1) is 11.0 Å². The lowest BCUT2D eigenvalue weighted by molar-refractivity contribution is 0.662. The standard InChI is InChI=1S/C45H30O/c1-45(2)38-23-10-9-15-29(38)34-20-11-22-36(43(34)45)41-32-18-7-5-16-30(32)40(31-17-6-8-19-33(31)41)35-21-12-24-39-42(35)37-26-25-27-13-3-4-14-28(27)44(37)46-39/h3-26H,1-2H3/i5D,6D,7D,8D,16D,17D,18D,19D. The third kappa shape index (κ3) is 3.30. The smallest absolute Gasteiger partial charge is 0.143 e.